The maximum atomic E-state index is 12.5. The molecular weight excluding hydrogens is 223 g/mol. The van der Waals surface area contributed by atoms with E-state index < -0.39 is 17.6 Å². The molecule has 1 aromatic heterocycles. The van der Waals surface area contributed by atoms with Crippen molar-refractivity contribution >= 4 is 12.2 Å². The highest BCUT2D eigenvalue weighted by atomic mass is 19.4. The SMILES string of the molecule is N=C/C(N)=C(\Nc1ncccn1)C(F)(F)F. The van der Waals surface area contributed by atoms with Crippen LogP contribution in [0.25, 0.3) is 0 Å². The third kappa shape index (κ3) is 2.94. The zero-order valence-electron chi connectivity index (χ0n) is 7.92. The minimum atomic E-state index is -4.69. The Morgan fingerprint density at radius 1 is 1.38 bits per heavy atom. The highest BCUT2D eigenvalue weighted by Crippen LogP contribution is 2.26. The lowest BCUT2D eigenvalue weighted by Crippen LogP contribution is -2.25. The molecule has 16 heavy (non-hydrogen) atoms. The molecule has 0 radical (unpaired) electrons. The topological polar surface area (TPSA) is 87.7 Å². The molecule has 1 aromatic rings. The van der Waals surface area contributed by atoms with Gasteiger partial charge in [0.05, 0.1) is 5.70 Å². The molecule has 0 saturated carbocycles. The Balaban J connectivity index is 3.03. The predicted molar refractivity (Wildman–Crippen MR) is 51.7 cm³/mol. The lowest BCUT2D eigenvalue weighted by atomic mass is 10.3. The van der Waals surface area contributed by atoms with Crippen molar-refractivity contribution in [3.05, 3.63) is 29.9 Å². The molecule has 4 N–H and O–H groups in total. The van der Waals surface area contributed by atoms with Crippen molar-refractivity contribution in [2.45, 2.75) is 6.18 Å². The third-order valence-corrected chi connectivity index (χ3v) is 1.53. The second-order valence-corrected chi connectivity index (χ2v) is 2.67. The average Bonchev–Trinajstić information content (AvgIpc) is 2.25. The summed E-state index contributed by atoms with van der Waals surface area (Å²) in [7, 11) is 0. The van der Waals surface area contributed by atoms with Gasteiger partial charge in [-0.2, -0.15) is 13.2 Å². The van der Waals surface area contributed by atoms with E-state index in [1.807, 2.05) is 5.32 Å². The van der Waals surface area contributed by atoms with Gasteiger partial charge >= 0.3 is 6.18 Å². The molecule has 1 heterocycles. The van der Waals surface area contributed by atoms with Crippen LogP contribution in [0.15, 0.2) is 29.9 Å². The first-order chi connectivity index (χ1) is 7.45. The van der Waals surface area contributed by atoms with Gasteiger partial charge in [0.15, 0.2) is 0 Å². The van der Waals surface area contributed by atoms with Gasteiger partial charge in [-0.3, -0.25) is 0 Å². The fourth-order valence-electron chi connectivity index (χ4n) is 0.854. The Morgan fingerprint density at radius 3 is 2.38 bits per heavy atom. The van der Waals surface area contributed by atoms with Gasteiger partial charge in [-0.15, -0.1) is 0 Å². The maximum Gasteiger partial charge on any atom is 0.433 e. The first kappa shape index (κ1) is 12.0. The quantitative estimate of drug-likeness (QED) is 0.683. The number of nitrogens with one attached hydrogen (secondary N) is 2. The molecule has 1 rings (SSSR count). The van der Waals surface area contributed by atoms with Crippen molar-refractivity contribution in [2.24, 2.45) is 5.73 Å². The van der Waals surface area contributed by atoms with E-state index in [4.69, 9.17) is 11.1 Å². The van der Waals surface area contributed by atoms with Crippen LogP contribution in [0.2, 0.25) is 0 Å². The Bertz CT molecular complexity index is 398. The van der Waals surface area contributed by atoms with Gasteiger partial charge in [0, 0.05) is 18.6 Å². The van der Waals surface area contributed by atoms with E-state index in [-0.39, 0.29) is 5.95 Å². The molecule has 0 saturated heterocycles. The number of nitrogens with two attached hydrogens (primary N) is 1. The Hall–Kier alpha value is -2.12. The van der Waals surface area contributed by atoms with Crippen molar-refractivity contribution in [3.8, 4) is 0 Å². The van der Waals surface area contributed by atoms with Crippen molar-refractivity contribution in [2.75, 3.05) is 5.32 Å². The van der Waals surface area contributed by atoms with Crippen molar-refractivity contribution in [3.63, 3.8) is 0 Å². The van der Waals surface area contributed by atoms with Crippen LogP contribution in [0.4, 0.5) is 19.1 Å². The van der Waals surface area contributed by atoms with E-state index in [0.717, 1.165) is 0 Å². The molecule has 8 heteroatoms. The van der Waals surface area contributed by atoms with Gasteiger partial charge in [-0.1, -0.05) is 0 Å². The summed E-state index contributed by atoms with van der Waals surface area (Å²) in [5.74, 6) is -0.236. The van der Waals surface area contributed by atoms with Crippen molar-refractivity contribution in [1.29, 1.82) is 5.41 Å². The normalized spacial score (nSPS) is 12.9. The molecule has 0 atom stereocenters. The van der Waals surface area contributed by atoms with Crippen LogP contribution in [0.3, 0.4) is 0 Å². The Kier molecular flexibility index (Phi) is 3.44. The number of allylic oxidation sites excluding steroid dienone is 2. The van der Waals surface area contributed by atoms with E-state index in [0.29, 0.717) is 6.21 Å². The van der Waals surface area contributed by atoms with Gasteiger partial charge in [0.2, 0.25) is 5.95 Å². The van der Waals surface area contributed by atoms with Crippen LogP contribution >= 0.6 is 0 Å². The van der Waals surface area contributed by atoms with Crippen LogP contribution < -0.4 is 11.1 Å². The molecule has 0 aliphatic heterocycles. The largest absolute Gasteiger partial charge is 0.433 e. The fraction of sp³-hybridized carbons (Fsp3) is 0.125. The number of rotatable bonds is 3. The molecule has 0 aliphatic rings. The predicted octanol–water partition coefficient (Wildman–Crippen LogP) is 1.27. The standard InChI is InChI=1S/C8H8F3N5/c9-8(10,11)6(5(13)4-12)16-7-14-2-1-3-15-7/h1-4,12H,13H2,(H,14,15,16)/b6-5+,12-4?. The summed E-state index contributed by atoms with van der Waals surface area (Å²) in [6.45, 7) is 0. The Morgan fingerprint density at radius 2 is 1.94 bits per heavy atom. The first-order valence-electron chi connectivity index (χ1n) is 4.06. The summed E-state index contributed by atoms with van der Waals surface area (Å²) in [5.41, 5.74) is 3.06. The lowest BCUT2D eigenvalue weighted by molar-refractivity contribution is -0.0908. The van der Waals surface area contributed by atoms with Gasteiger partial charge in [0.25, 0.3) is 0 Å². The summed E-state index contributed by atoms with van der Waals surface area (Å²) in [4.78, 5) is 7.12. The molecule has 0 fully saturated rings. The molecule has 0 aliphatic carbocycles. The van der Waals surface area contributed by atoms with Crippen LogP contribution in [-0.4, -0.2) is 22.4 Å². The van der Waals surface area contributed by atoms with Gasteiger partial charge in [-0.05, 0) is 6.07 Å². The molecular formula is C8H8F3N5. The smallest absolute Gasteiger partial charge is 0.396 e. The molecule has 0 amide bonds. The summed E-state index contributed by atoms with van der Waals surface area (Å²) >= 11 is 0. The molecule has 0 unspecified atom stereocenters. The van der Waals surface area contributed by atoms with Crippen molar-refractivity contribution in [1.82, 2.24) is 9.97 Å². The molecule has 0 spiro atoms. The average molecular weight is 231 g/mol. The lowest BCUT2D eigenvalue weighted by Gasteiger charge is -2.13. The van der Waals surface area contributed by atoms with E-state index in [9.17, 15) is 13.2 Å². The summed E-state index contributed by atoms with van der Waals surface area (Å²) in [6.07, 6.45) is -1.73. The molecule has 5 nitrogen and oxygen atoms in total. The minimum Gasteiger partial charge on any atom is -0.396 e. The fourth-order valence-corrected chi connectivity index (χ4v) is 0.854. The number of hydrogen-bond donors (Lipinski definition) is 3. The van der Waals surface area contributed by atoms with Crippen LogP contribution in [0.1, 0.15) is 0 Å². The molecule has 86 valence electrons. The highest BCUT2D eigenvalue weighted by molar-refractivity contribution is 5.77. The van der Waals surface area contributed by atoms with E-state index in [1.165, 1.54) is 18.5 Å². The van der Waals surface area contributed by atoms with E-state index >= 15 is 0 Å². The van der Waals surface area contributed by atoms with Crippen LogP contribution in [-0.2, 0) is 0 Å². The second kappa shape index (κ2) is 4.60. The van der Waals surface area contributed by atoms with Gasteiger partial charge < -0.3 is 16.5 Å². The second-order valence-electron chi connectivity index (χ2n) is 2.67. The Labute approximate surface area is 88.7 Å². The highest BCUT2D eigenvalue weighted by Gasteiger charge is 2.36. The summed E-state index contributed by atoms with van der Waals surface area (Å²) in [6, 6.07) is 1.46. The molecule has 0 aromatic carbocycles. The monoisotopic (exact) mass is 231 g/mol. The third-order valence-electron chi connectivity index (χ3n) is 1.53. The number of alkyl halides is 3. The number of aromatic nitrogens is 2. The van der Waals surface area contributed by atoms with E-state index in [2.05, 4.69) is 9.97 Å². The van der Waals surface area contributed by atoms with Crippen molar-refractivity contribution < 1.29 is 13.2 Å². The first-order valence-corrected chi connectivity index (χ1v) is 4.06. The number of nitrogens with zero attached hydrogens (tertiary/aromatic N) is 2. The maximum absolute atomic E-state index is 12.5. The molecule has 0 bridgehead atoms. The number of anilines is 1. The number of hydrogen-bond acceptors (Lipinski definition) is 5. The number of halogens is 3. The van der Waals surface area contributed by atoms with Crippen LogP contribution in [0.5, 0.6) is 0 Å². The summed E-state index contributed by atoms with van der Waals surface area (Å²) in [5, 5.41) is 8.62. The zero-order chi connectivity index (χ0) is 12.2. The van der Waals surface area contributed by atoms with Gasteiger partial charge in [-0.25, -0.2) is 9.97 Å². The van der Waals surface area contributed by atoms with E-state index in [1.54, 1.807) is 0 Å². The zero-order valence-corrected chi connectivity index (χ0v) is 7.92. The minimum absolute atomic E-state index is 0.236. The van der Waals surface area contributed by atoms with Crippen LogP contribution in [0, 0.1) is 5.41 Å². The van der Waals surface area contributed by atoms with Gasteiger partial charge in [0.1, 0.15) is 5.70 Å². The summed E-state index contributed by atoms with van der Waals surface area (Å²) < 4.78 is 37.5.